The van der Waals surface area contributed by atoms with Crippen molar-refractivity contribution in [3.05, 3.63) is 23.8 Å². The first-order valence-electron chi connectivity index (χ1n) is 12.6. The van der Waals surface area contributed by atoms with Crippen molar-refractivity contribution in [2.75, 3.05) is 6.61 Å². The van der Waals surface area contributed by atoms with Crippen LogP contribution in [-0.4, -0.2) is 18.5 Å². The third-order valence-electron chi connectivity index (χ3n) is 10.9. The molecule has 0 aromatic rings. The molecule has 29 heavy (non-hydrogen) atoms. The molecule has 0 radical (unpaired) electrons. The van der Waals surface area contributed by atoms with E-state index in [1.165, 1.54) is 44.9 Å². The molecule has 0 aromatic carbocycles. The highest BCUT2D eigenvalue weighted by atomic mass is 16.7. The molecule has 0 unspecified atom stereocenters. The van der Waals surface area contributed by atoms with Gasteiger partial charge in [0.15, 0.2) is 5.79 Å². The summed E-state index contributed by atoms with van der Waals surface area (Å²) in [6.07, 6.45) is 18.3. The fourth-order valence-corrected chi connectivity index (χ4v) is 9.32. The Bertz CT molecular complexity index is 744. The van der Waals surface area contributed by atoms with E-state index in [4.69, 9.17) is 9.47 Å². The van der Waals surface area contributed by atoms with E-state index in [0.29, 0.717) is 34.7 Å². The summed E-state index contributed by atoms with van der Waals surface area (Å²) >= 11 is 0. The van der Waals surface area contributed by atoms with E-state index < -0.39 is 0 Å². The molecule has 0 N–H and O–H groups in total. The predicted octanol–water partition coefficient (Wildman–Crippen LogP) is 6.52. The first-order chi connectivity index (χ1) is 13.9. The van der Waals surface area contributed by atoms with Crippen molar-refractivity contribution < 1.29 is 9.47 Å². The van der Waals surface area contributed by atoms with Crippen molar-refractivity contribution in [2.45, 2.75) is 91.0 Å². The molecule has 10 atom stereocenters. The minimum Gasteiger partial charge on any atom is -0.349 e. The van der Waals surface area contributed by atoms with Crippen molar-refractivity contribution in [3.63, 3.8) is 0 Å². The Morgan fingerprint density at radius 3 is 2.69 bits per heavy atom. The first kappa shape index (κ1) is 19.1. The molecular weight excluding hydrogens is 356 g/mol. The maximum atomic E-state index is 6.89. The number of rotatable bonds is 0. The lowest BCUT2D eigenvalue weighted by Gasteiger charge is -2.57. The van der Waals surface area contributed by atoms with Gasteiger partial charge in [-0.05, 0) is 90.9 Å². The summed E-state index contributed by atoms with van der Waals surface area (Å²) in [5.41, 5.74) is 2.51. The molecule has 4 fully saturated rings. The zero-order valence-electron chi connectivity index (χ0n) is 19.0. The van der Waals surface area contributed by atoms with E-state index in [-0.39, 0.29) is 5.79 Å². The van der Waals surface area contributed by atoms with Crippen molar-refractivity contribution in [1.29, 1.82) is 0 Å². The van der Waals surface area contributed by atoms with Gasteiger partial charge in [-0.3, -0.25) is 0 Å². The van der Waals surface area contributed by atoms with E-state index in [2.05, 4.69) is 45.9 Å². The van der Waals surface area contributed by atoms with Crippen LogP contribution in [0.2, 0.25) is 0 Å². The highest BCUT2D eigenvalue weighted by Crippen LogP contribution is 2.70. The lowest BCUT2D eigenvalue weighted by molar-refractivity contribution is -0.272. The summed E-state index contributed by atoms with van der Waals surface area (Å²) in [6, 6.07) is 0. The third kappa shape index (κ3) is 2.42. The molecule has 2 heteroatoms. The Morgan fingerprint density at radius 2 is 1.90 bits per heavy atom. The van der Waals surface area contributed by atoms with Gasteiger partial charge < -0.3 is 9.47 Å². The predicted molar refractivity (Wildman–Crippen MR) is 116 cm³/mol. The fraction of sp³-hybridized carbons (Fsp3) is 0.852. The van der Waals surface area contributed by atoms with Crippen molar-refractivity contribution >= 4 is 0 Å². The minimum atomic E-state index is -0.271. The number of hydrogen-bond donors (Lipinski definition) is 0. The topological polar surface area (TPSA) is 18.5 Å². The van der Waals surface area contributed by atoms with Crippen LogP contribution in [-0.2, 0) is 9.47 Å². The molecule has 0 amide bonds. The van der Waals surface area contributed by atoms with Crippen molar-refractivity contribution in [3.8, 4) is 0 Å². The minimum absolute atomic E-state index is 0.271. The Labute approximate surface area is 177 Å². The van der Waals surface area contributed by atoms with E-state index >= 15 is 0 Å². The number of hydrogen-bond acceptors (Lipinski definition) is 2. The van der Waals surface area contributed by atoms with E-state index in [1.54, 1.807) is 5.57 Å². The molecule has 4 aliphatic carbocycles. The molecule has 0 aromatic heterocycles. The van der Waals surface area contributed by atoms with Gasteiger partial charge in [-0.2, -0.15) is 0 Å². The summed E-state index contributed by atoms with van der Waals surface area (Å²) in [7, 11) is 0. The third-order valence-corrected chi connectivity index (χ3v) is 10.9. The van der Waals surface area contributed by atoms with Crippen LogP contribution in [0.1, 0.15) is 79.1 Å². The summed E-state index contributed by atoms with van der Waals surface area (Å²) in [4.78, 5) is 0. The molecule has 2 aliphatic heterocycles. The number of fused-ring (bicyclic) bond motifs is 7. The lowest BCUT2D eigenvalue weighted by atomic mass is 9.47. The van der Waals surface area contributed by atoms with Crippen LogP contribution < -0.4 is 0 Å². The highest BCUT2D eigenvalue weighted by molar-refractivity contribution is 5.34. The van der Waals surface area contributed by atoms with Crippen molar-refractivity contribution in [2.24, 2.45) is 46.3 Å². The van der Waals surface area contributed by atoms with Crippen LogP contribution in [0.25, 0.3) is 0 Å². The second-order valence-corrected chi connectivity index (χ2v) is 12.1. The van der Waals surface area contributed by atoms with Gasteiger partial charge in [0.05, 0.1) is 12.7 Å². The average molecular weight is 397 g/mol. The Morgan fingerprint density at radius 1 is 1.03 bits per heavy atom. The zero-order valence-corrected chi connectivity index (χ0v) is 19.0. The molecule has 2 saturated heterocycles. The Hall–Kier alpha value is -0.600. The molecule has 160 valence electrons. The van der Waals surface area contributed by atoms with Gasteiger partial charge in [0, 0.05) is 12.3 Å². The second-order valence-electron chi connectivity index (χ2n) is 12.1. The van der Waals surface area contributed by atoms with Gasteiger partial charge in [-0.15, -0.1) is 0 Å². The molecule has 2 saturated carbocycles. The highest BCUT2D eigenvalue weighted by Gasteiger charge is 2.68. The standard InChI is InChI=1S/C27H40O2/c1-17-10-14-27(28-16-17)18(2)24-23(29-27)15-22-20-9-8-19-7-5-6-12-25(19,3)21(20)11-13-26(22,24)4/h5,7-8,17-18,20-24H,6,9-16H2,1-4H3/t17-,18-,20+,21+,22+,23-,24-,25-,26-,27+/m0/s1. The van der Waals surface area contributed by atoms with Crippen LogP contribution in [0.5, 0.6) is 0 Å². The van der Waals surface area contributed by atoms with Gasteiger partial charge in [0.1, 0.15) is 0 Å². The monoisotopic (exact) mass is 396 g/mol. The summed E-state index contributed by atoms with van der Waals surface area (Å²) in [5, 5.41) is 0. The molecule has 6 rings (SSSR count). The SMILES string of the molecule is C[C@H]1CC[C@@]2(OC1)O[C@H]1C[C@@H]3[C@@H]4CC=C5C=CCC[C@]5(C)[C@@H]4CC[C@]3(C)[C@H]1[C@@H]2C. The number of allylic oxidation sites excluding steroid dienone is 4. The normalized spacial score (nSPS) is 58.3. The maximum Gasteiger partial charge on any atom is 0.171 e. The number of ether oxygens (including phenoxy) is 2. The quantitative estimate of drug-likeness (QED) is 0.464. The molecule has 1 spiro atoms. The summed E-state index contributed by atoms with van der Waals surface area (Å²) < 4.78 is 13.4. The Kier molecular flexibility index (Phi) is 4.10. The largest absolute Gasteiger partial charge is 0.349 e. The van der Waals surface area contributed by atoms with E-state index in [0.717, 1.165) is 30.8 Å². The van der Waals surface area contributed by atoms with Crippen LogP contribution in [0.15, 0.2) is 23.8 Å². The second kappa shape index (κ2) is 6.22. The van der Waals surface area contributed by atoms with E-state index in [9.17, 15) is 0 Å². The maximum absolute atomic E-state index is 6.89. The molecule has 2 heterocycles. The fourth-order valence-electron chi connectivity index (χ4n) is 9.32. The molecule has 6 aliphatic rings. The van der Waals surface area contributed by atoms with Crippen molar-refractivity contribution in [1.82, 2.24) is 0 Å². The first-order valence-corrected chi connectivity index (χ1v) is 12.6. The van der Waals surface area contributed by atoms with Crippen LogP contribution in [0.4, 0.5) is 0 Å². The van der Waals surface area contributed by atoms with Gasteiger partial charge in [0.2, 0.25) is 0 Å². The molecule has 0 bridgehead atoms. The Balaban J connectivity index is 1.30. The average Bonchev–Trinajstić information content (AvgIpc) is 3.15. The van der Waals surface area contributed by atoms with Gasteiger partial charge >= 0.3 is 0 Å². The van der Waals surface area contributed by atoms with Crippen LogP contribution in [0, 0.1) is 46.3 Å². The lowest BCUT2D eigenvalue weighted by Crippen LogP contribution is -2.51. The van der Waals surface area contributed by atoms with Crippen LogP contribution in [0.3, 0.4) is 0 Å². The van der Waals surface area contributed by atoms with Gasteiger partial charge in [0.25, 0.3) is 0 Å². The van der Waals surface area contributed by atoms with E-state index in [1.807, 2.05) is 0 Å². The molecule has 2 nitrogen and oxygen atoms in total. The smallest absolute Gasteiger partial charge is 0.171 e. The zero-order chi connectivity index (χ0) is 20.0. The summed E-state index contributed by atoms with van der Waals surface area (Å²) in [5.74, 6) is 4.20. The summed E-state index contributed by atoms with van der Waals surface area (Å²) in [6.45, 7) is 10.9. The molecular formula is C27H40O2. The van der Waals surface area contributed by atoms with Gasteiger partial charge in [-0.25, -0.2) is 0 Å². The van der Waals surface area contributed by atoms with Gasteiger partial charge in [-0.1, -0.05) is 45.9 Å². The van der Waals surface area contributed by atoms with Crippen LogP contribution >= 0.6 is 0 Å².